The van der Waals surface area contributed by atoms with E-state index >= 15 is 0 Å². The van der Waals surface area contributed by atoms with Gasteiger partial charge >= 0.3 is 0 Å². The number of nitrogens with one attached hydrogen (secondary N) is 1. The summed E-state index contributed by atoms with van der Waals surface area (Å²) in [4.78, 5) is 12.7. The number of hydrogen-bond donors (Lipinski definition) is 5. The lowest BCUT2D eigenvalue weighted by atomic mass is 10.00. The molecule has 0 radical (unpaired) electrons. The van der Waals surface area contributed by atoms with Gasteiger partial charge in [-0.2, -0.15) is 0 Å². The fraction of sp³-hybridized carbons (Fsp3) is 0.875. The van der Waals surface area contributed by atoms with Crippen molar-refractivity contribution in [3.8, 4) is 0 Å². The second-order valence-corrected chi connectivity index (χ2v) is 24.2. The Bertz CT molecular complexity index is 1280. The maximum atomic E-state index is 12.7. The van der Waals surface area contributed by atoms with E-state index in [1.165, 1.54) is 295 Å². The summed E-state index contributed by atoms with van der Waals surface area (Å²) in [6.45, 7) is 4.09. The van der Waals surface area contributed by atoms with E-state index in [0.717, 1.165) is 44.9 Å². The van der Waals surface area contributed by atoms with E-state index in [9.17, 15) is 25.2 Å². The Kier molecular flexibility index (Phi) is 64.6. The molecule has 0 aromatic heterocycles. The van der Waals surface area contributed by atoms with Gasteiger partial charge in [0.1, 0.15) is 12.2 Å². The molecule has 460 valence electrons. The molecule has 0 fully saturated rings. The summed E-state index contributed by atoms with van der Waals surface area (Å²) in [5, 5.41) is 44.2. The van der Waals surface area contributed by atoms with E-state index in [1.807, 2.05) is 0 Å². The van der Waals surface area contributed by atoms with E-state index in [4.69, 9.17) is 0 Å². The van der Waals surface area contributed by atoms with E-state index in [2.05, 4.69) is 67.8 Å². The minimum absolute atomic E-state index is 0.360. The monoisotopic (exact) mass is 1100 g/mol. The van der Waals surface area contributed by atoms with Crippen molar-refractivity contribution in [1.29, 1.82) is 0 Å². The van der Waals surface area contributed by atoms with Crippen molar-refractivity contribution >= 4 is 5.91 Å². The smallest absolute Gasteiger partial charge is 0.249 e. The van der Waals surface area contributed by atoms with Gasteiger partial charge in [-0.05, 0) is 83.5 Å². The molecule has 0 aliphatic carbocycles. The summed E-state index contributed by atoms with van der Waals surface area (Å²) in [5.74, 6) is -0.593. The van der Waals surface area contributed by atoms with Gasteiger partial charge in [-0.15, -0.1) is 0 Å². The van der Waals surface area contributed by atoms with Crippen molar-refractivity contribution < 1.29 is 25.2 Å². The molecule has 5 N–H and O–H groups in total. The van der Waals surface area contributed by atoms with Gasteiger partial charge in [-0.1, -0.05) is 339 Å². The van der Waals surface area contributed by atoms with E-state index in [0.29, 0.717) is 19.3 Å². The number of amides is 1. The second-order valence-electron chi connectivity index (χ2n) is 24.2. The maximum Gasteiger partial charge on any atom is 0.249 e. The number of allylic oxidation sites excluding steroid dienone is 8. The number of unbranched alkanes of at least 4 members (excludes halogenated alkanes) is 48. The van der Waals surface area contributed by atoms with Gasteiger partial charge < -0.3 is 25.7 Å². The Morgan fingerprint density at radius 1 is 0.321 bits per heavy atom. The van der Waals surface area contributed by atoms with Gasteiger partial charge in [0.05, 0.1) is 18.8 Å². The molecule has 4 atom stereocenters. The summed E-state index contributed by atoms with van der Waals surface area (Å²) >= 11 is 0. The molecule has 6 nitrogen and oxygen atoms in total. The molecule has 78 heavy (non-hydrogen) atoms. The highest BCUT2D eigenvalue weighted by molar-refractivity contribution is 5.80. The predicted molar refractivity (Wildman–Crippen MR) is 343 cm³/mol. The molecule has 0 bridgehead atoms. The van der Waals surface area contributed by atoms with Crippen LogP contribution in [0.4, 0.5) is 0 Å². The minimum atomic E-state index is -1.29. The second kappa shape index (κ2) is 66.1. The molecule has 6 heteroatoms. The summed E-state index contributed by atoms with van der Waals surface area (Å²) in [5.41, 5.74) is 0. The largest absolute Gasteiger partial charge is 0.394 e. The molecular weight excluding hydrogens is 959 g/mol. The van der Waals surface area contributed by atoms with Crippen LogP contribution >= 0.6 is 0 Å². The summed E-state index contributed by atoms with van der Waals surface area (Å²) in [7, 11) is 0. The zero-order valence-electron chi connectivity index (χ0n) is 52.4. The standard InChI is InChI=1S/C72H137NO5/c1-3-5-7-9-11-13-15-17-19-21-23-25-27-29-31-33-35-36-38-40-42-44-46-48-50-52-54-56-58-60-62-64-66-70(76)72(78)73-68(67-74)71(77)69(75)65-63-61-59-57-55-53-51-49-47-45-43-41-39-37-34-32-30-28-26-24-22-20-18-16-14-12-10-8-6-4-2/h23,25,29,31,49,51,57,59,68-71,74-77H,3-22,24,26-28,30,32-48,50,52-56,58,60-67H2,1-2H3,(H,73,78)/b25-23-,31-29-,51-49+,59-57+. The zero-order chi connectivity index (χ0) is 56.6. The van der Waals surface area contributed by atoms with Crippen LogP contribution in [0.15, 0.2) is 48.6 Å². The molecule has 0 aromatic carbocycles. The van der Waals surface area contributed by atoms with Crippen LogP contribution in [0, 0.1) is 0 Å². The van der Waals surface area contributed by atoms with Crippen molar-refractivity contribution in [2.24, 2.45) is 0 Å². The lowest BCUT2D eigenvalue weighted by Crippen LogP contribution is -2.53. The number of carbonyl (C=O) groups excluding carboxylic acids is 1. The third-order valence-corrected chi connectivity index (χ3v) is 16.5. The Labute approximate surface area is 487 Å². The van der Waals surface area contributed by atoms with Crippen molar-refractivity contribution in [1.82, 2.24) is 5.32 Å². The van der Waals surface area contributed by atoms with Crippen LogP contribution in [0.5, 0.6) is 0 Å². The van der Waals surface area contributed by atoms with Gasteiger partial charge in [0.15, 0.2) is 0 Å². The Morgan fingerprint density at radius 2 is 0.577 bits per heavy atom. The van der Waals surface area contributed by atoms with Crippen molar-refractivity contribution in [3.63, 3.8) is 0 Å². The predicted octanol–water partition coefficient (Wildman–Crippen LogP) is 21.7. The van der Waals surface area contributed by atoms with Crippen molar-refractivity contribution in [2.45, 2.75) is 398 Å². The van der Waals surface area contributed by atoms with Crippen molar-refractivity contribution in [3.05, 3.63) is 48.6 Å². The molecule has 0 saturated heterocycles. The first kappa shape index (κ1) is 76.3. The van der Waals surface area contributed by atoms with E-state index in [-0.39, 0.29) is 0 Å². The van der Waals surface area contributed by atoms with Crippen LogP contribution in [0.3, 0.4) is 0 Å². The number of rotatable bonds is 65. The molecular formula is C72H137NO5. The Hall–Kier alpha value is -1.73. The van der Waals surface area contributed by atoms with Crippen LogP contribution in [0.25, 0.3) is 0 Å². The average molecular weight is 1100 g/mol. The van der Waals surface area contributed by atoms with Crippen LogP contribution in [-0.4, -0.2) is 57.3 Å². The van der Waals surface area contributed by atoms with Gasteiger partial charge in [0.25, 0.3) is 0 Å². The molecule has 0 aromatic rings. The summed E-state index contributed by atoms with van der Waals surface area (Å²) in [6.07, 6.45) is 86.7. The summed E-state index contributed by atoms with van der Waals surface area (Å²) in [6, 6.07) is -1.01. The van der Waals surface area contributed by atoms with Gasteiger partial charge in [-0.25, -0.2) is 0 Å². The van der Waals surface area contributed by atoms with Gasteiger partial charge in [0.2, 0.25) is 5.91 Å². The first-order valence-corrected chi connectivity index (χ1v) is 35.0. The Balaban J connectivity index is 3.60. The van der Waals surface area contributed by atoms with Crippen LogP contribution in [0.1, 0.15) is 373 Å². The van der Waals surface area contributed by atoms with Crippen LogP contribution in [-0.2, 0) is 4.79 Å². The highest BCUT2D eigenvalue weighted by Crippen LogP contribution is 2.19. The highest BCUT2D eigenvalue weighted by Gasteiger charge is 2.28. The van der Waals surface area contributed by atoms with E-state index < -0.39 is 36.9 Å². The number of carbonyl (C=O) groups is 1. The third kappa shape index (κ3) is 58.9. The van der Waals surface area contributed by atoms with E-state index in [1.54, 1.807) is 0 Å². The first-order valence-electron chi connectivity index (χ1n) is 35.0. The van der Waals surface area contributed by atoms with Crippen LogP contribution in [0.2, 0.25) is 0 Å². The fourth-order valence-corrected chi connectivity index (χ4v) is 11.0. The molecule has 0 spiro atoms. The highest BCUT2D eigenvalue weighted by atomic mass is 16.3. The normalized spacial score (nSPS) is 13.8. The Morgan fingerprint density at radius 3 is 0.885 bits per heavy atom. The summed E-state index contributed by atoms with van der Waals surface area (Å²) < 4.78 is 0. The number of aliphatic hydroxyl groups is 4. The first-order chi connectivity index (χ1) is 38.5. The van der Waals surface area contributed by atoms with Gasteiger partial charge in [-0.3, -0.25) is 4.79 Å². The lowest BCUT2D eigenvalue weighted by molar-refractivity contribution is -0.132. The molecule has 0 heterocycles. The lowest BCUT2D eigenvalue weighted by Gasteiger charge is -2.27. The minimum Gasteiger partial charge on any atom is -0.394 e. The molecule has 0 aliphatic heterocycles. The molecule has 4 unspecified atom stereocenters. The number of hydrogen-bond acceptors (Lipinski definition) is 5. The topological polar surface area (TPSA) is 110 Å². The molecule has 0 aliphatic rings. The van der Waals surface area contributed by atoms with Crippen molar-refractivity contribution in [2.75, 3.05) is 6.61 Å². The average Bonchev–Trinajstić information content (AvgIpc) is 3.45. The quantitative estimate of drug-likeness (QED) is 0.0308. The van der Waals surface area contributed by atoms with Gasteiger partial charge in [0, 0.05) is 0 Å². The molecule has 0 rings (SSSR count). The maximum absolute atomic E-state index is 12.7. The molecule has 0 saturated carbocycles. The molecule has 1 amide bonds. The number of aliphatic hydroxyl groups excluding tert-OH is 4. The third-order valence-electron chi connectivity index (χ3n) is 16.5. The van der Waals surface area contributed by atoms with Crippen LogP contribution < -0.4 is 5.32 Å². The zero-order valence-corrected chi connectivity index (χ0v) is 52.4. The fourth-order valence-electron chi connectivity index (χ4n) is 11.0. The SMILES string of the molecule is CCCCCCCCCCC/C=C\C/C=C\CCCCCCCCCCCCCCCCCCC(O)C(=O)NC(CO)C(O)C(O)CCC/C=C/CC/C=C/CCCCCCCCCCCCCCCCCCCCCCC.